The van der Waals surface area contributed by atoms with Gasteiger partial charge in [0.25, 0.3) is 5.91 Å². The van der Waals surface area contributed by atoms with Crippen molar-refractivity contribution >= 4 is 29.1 Å². The van der Waals surface area contributed by atoms with E-state index in [9.17, 15) is 9.90 Å². The molecule has 1 aromatic heterocycles. The molecular formula is C10H11Cl2N3O2. The zero-order valence-corrected chi connectivity index (χ0v) is 10.4. The molecule has 2 heterocycles. The molecule has 1 N–H and O–H groups in total. The first-order valence-corrected chi connectivity index (χ1v) is 5.99. The fraction of sp³-hybridized carbons (Fsp3) is 0.500. The number of amides is 1. The highest BCUT2D eigenvalue weighted by Crippen LogP contribution is 2.20. The highest BCUT2D eigenvalue weighted by Gasteiger charge is 2.25. The molecule has 1 aliphatic heterocycles. The zero-order valence-electron chi connectivity index (χ0n) is 8.94. The lowest BCUT2D eigenvalue weighted by molar-refractivity contribution is 0.0473. The molecule has 0 aliphatic carbocycles. The summed E-state index contributed by atoms with van der Waals surface area (Å²) >= 11 is 11.5. The van der Waals surface area contributed by atoms with Crippen molar-refractivity contribution in [2.24, 2.45) is 0 Å². The number of carbonyl (C=O) groups is 1. The highest BCUT2D eigenvalue weighted by molar-refractivity contribution is 6.34. The van der Waals surface area contributed by atoms with Gasteiger partial charge in [0.15, 0.2) is 10.3 Å². The normalized spacial score (nSPS) is 20.4. The number of rotatable bonds is 1. The highest BCUT2D eigenvalue weighted by atomic mass is 35.5. The predicted octanol–water partition coefficient (Wildman–Crippen LogP) is 1.38. The van der Waals surface area contributed by atoms with E-state index in [0.717, 1.165) is 6.42 Å². The summed E-state index contributed by atoms with van der Waals surface area (Å²) < 4.78 is 0. The van der Waals surface area contributed by atoms with E-state index in [1.54, 1.807) is 4.90 Å². The number of β-amino-alcohol motifs (C(OH)–C–C–N with tert-alkyl or cyclic N) is 1. The predicted molar refractivity (Wildman–Crippen MR) is 63.2 cm³/mol. The molecule has 92 valence electrons. The van der Waals surface area contributed by atoms with Gasteiger partial charge in [-0.05, 0) is 18.9 Å². The number of aromatic nitrogens is 2. The molecule has 1 aromatic rings. The minimum atomic E-state index is -0.475. The first-order valence-electron chi connectivity index (χ1n) is 5.24. The number of aliphatic hydroxyl groups excluding tert-OH is 1. The molecule has 1 fully saturated rings. The summed E-state index contributed by atoms with van der Waals surface area (Å²) in [5, 5.41) is 16.8. The number of likely N-dealkylation sites (tertiary alicyclic amines) is 1. The lowest BCUT2D eigenvalue weighted by Crippen LogP contribution is -2.42. The van der Waals surface area contributed by atoms with Crippen LogP contribution in [0.5, 0.6) is 0 Å². The Balaban J connectivity index is 2.21. The average molecular weight is 276 g/mol. The van der Waals surface area contributed by atoms with Gasteiger partial charge in [0.2, 0.25) is 0 Å². The molecule has 1 atom stereocenters. The first-order chi connectivity index (χ1) is 8.08. The smallest absolute Gasteiger partial charge is 0.257 e. The van der Waals surface area contributed by atoms with E-state index >= 15 is 0 Å². The summed E-state index contributed by atoms with van der Waals surface area (Å²) in [6.07, 6.45) is 1.01. The van der Waals surface area contributed by atoms with E-state index < -0.39 is 6.10 Å². The van der Waals surface area contributed by atoms with Crippen molar-refractivity contribution in [3.8, 4) is 0 Å². The molecule has 7 heteroatoms. The number of halogens is 2. The van der Waals surface area contributed by atoms with Crippen LogP contribution in [0.1, 0.15) is 23.2 Å². The molecule has 2 rings (SSSR count). The molecule has 1 unspecified atom stereocenters. The Bertz CT molecular complexity index is 442. The van der Waals surface area contributed by atoms with E-state index in [2.05, 4.69) is 10.2 Å². The Hall–Kier alpha value is -0.910. The minimum absolute atomic E-state index is 0.0273. The molecular weight excluding hydrogens is 265 g/mol. The van der Waals surface area contributed by atoms with Crippen molar-refractivity contribution in [2.75, 3.05) is 13.1 Å². The second-order valence-electron chi connectivity index (χ2n) is 3.92. The zero-order chi connectivity index (χ0) is 12.4. The van der Waals surface area contributed by atoms with Gasteiger partial charge in [0.1, 0.15) is 0 Å². The number of aliphatic hydroxyl groups is 1. The molecule has 5 nitrogen and oxygen atoms in total. The summed E-state index contributed by atoms with van der Waals surface area (Å²) in [6, 6.07) is 1.39. The molecule has 0 spiro atoms. The van der Waals surface area contributed by atoms with Gasteiger partial charge in [0, 0.05) is 13.1 Å². The van der Waals surface area contributed by atoms with Crippen molar-refractivity contribution in [2.45, 2.75) is 18.9 Å². The van der Waals surface area contributed by atoms with E-state index in [4.69, 9.17) is 23.2 Å². The van der Waals surface area contributed by atoms with Gasteiger partial charge in [-0.2, -0.15) is 0 Å². The summed E-state index contributed by atoms with van der Waals surface area (Å²) in [7, 11) is 0. The summed E-state index contributed by atoms with van der Waals surface area (Å²) in [5.74, 6) is -0.273. The largest absolute Gasteiger partial charge is 0.391 e. The maximum Gasteiger partial charge on any atom is 0.257 e. The maximum absolute atomic E-state index is 12.1. The fourth-order valence-electron chi connectivity index (χ4n) is 1.81. The monoisotopic (exact) mass is 275 g/mol. The van der Waals surface area contributed by atoms with E-state index in [1.807, 2.05) is 0 Å². The third kappa shape index (κ3) is 2.86. The Morgan fingerprint density at radius 2 is 2.24 bits per heavy atom. The number of nitrogens with zero attached hydrogens (tertiary/aromatic N) is 3. The molecule has 0 bridgehead atoms. The van der Waals surface area contributed by atoms with Crippen molar-refractivity contribution in [1.29, 1.82) is 0 Å². The van der Waals surface area contributed by atoms with Gasteiger partial charge >= 0.3 is 0 Å². The number of piperidine rings is 1. The van der Waals surface area contributed by atoms with Crippen molar-refractivity contribution in [3.05, 3.63) is 21.9 Å². The summed E-state index contributed by atoms with van der Waals surface area (Å²) in [4.78, 5) is 13.7. The molecule has 1 amide bonds. The maximum atomic E-state index is 12.1. The van der Waals surface area contributed by atoms with Gasteiger partial charge in [0.05, 0.1) is 11.7 Å². The van der Waals surface area contributed by atoms with Gasteiger partial charge in [-0.3, -0.25) is 4.79 Å². The molecule has 0 saturated carbocycles. The third-order valence-electron chi connectivity index (χ3n) is 2.63. The van der Waals surface area contributed by atoms with Crippen LogP contribution in [-0.2, 0) is 0 Å². The quantitative estimate of drug-likeness (QED) is 0.841. The molecule has 0 aromatic carbocycles. The van der Waals surface area contributed by atoms with Gasteiger partial charge in [-0.1, -0.05) is 23.2 Å². The Morgan fingerprint density at radius 1 is 1.47 bits per heavy atom. The second-order valence-corrected chi connectivity index (χ2v) is 4.66. The van der Waals surface area contributed by atoms with E-state index in [-0.39, 0.29) is 21.8 Å². The topological polar surface area (TPSA) is 66.3 Å². The SMILES string of the molecule is O=C(c1cc(Cl)nnc1Cl)N1CCCC(O)C1. The van der Waals surface area contributed by atoms with Crippen LogP contribution in [0.2, 0.25) is 10.3 Å². The van der Waals surface area contributed by atoms with Gasteiger partial charge in [-0.15, -0.1) is 10.2 Å². The van der Waals surface area contributed by atoms with Crippen LogP contribution in [0.15, 0.2) is 6.07 Å². The number of hydrogen-bond donors (Lipinski definition) is 1. The van der Waals surface area contributed by atoms with Crippen molar-refractivity contribution in [1.82, 2.24) is 15.1 Å². The summed E-state index contributed by atoms with van der Waals surface area (Å²) in [6.45, 7) is 0.918. The van der Waals surface area contributed by atoms with Crippen LogP contribution in [-0.4, -0.2) is 45.3 Å². The average Bonchev–Trinajstić information content (AvgIpc) is 2.31. The Morgan fingerprint density at radius 3 is 2.94 bits per heavy atom. The summed E-state index contributed by atoms with van der Waals surface area (Å²) in [5.41, 5.74) is 0.223. The van der Waals surface area contributed by atoms with Crippen LogP contribution in [0.3, 0.4) is 0 Å². The number of hydrogen-bond acceptors (Lipinski definition) is 4. The lowest BCUT2D eigenvalue weighted by Gasteiger charge is -2.30. The van der Waals surface area contributed by atoms with Crippen LogP contribution in [0, 0.1) is 0 Å². The molecule has 1 aliphatic rings. The minimum Gasteiger partial charge on any atom is -0.391 e. The third-order valence-corrected chi connectivity index (χ3v) is 3.10. The molecule has 1 saturated heterocycles. The molecule has 17 heavy (non-hydrogen) atoms. The lowest BCUT2D eigenvalue weighted by atomic mass is 10.1. The van der Waals surface area contributed by atoms with Crippen LogP contribution >= 0.6 is 23.2 Å². The standard InChI is InChI=1S/C10H11Cl2N3O2/c11-8-4-7(9(12)14-13-8)10(17)15-3-1-2-6(16)5-15/h4,6,16H,1-3,5H2. The Kier molecular flexibility index (Phi) is 3.81. The molecule has 0 radical (unpaired) electrons. The van der Waals surface area contributed by atoms with Gasteiger partial charge in [-0.25, -0.2) is 0 Å². The van der Waals surface area contributed by atoms with Crippen LogP contribution in [0.4, 0.5) is 0 Å². The van der Waals surface area contributed by atoms with Crippen LogP contribution in [0.25, 0.3) is 0 Å². The second kappa shape index (κ2) is 5.16. The Labute approximate surface area is 108 Å². The van der Waals surface area contributed by atoms with E-state index in [1.165, 1.54) is 6.07 Å². The van der Waals surface area contributed by atoms with Gasteiger partial charge < -0.3 is 10.0 Å². The van der Waals surface area contributed by atoms with Crippen LogP contribution < -0.4 is 0 Å². The van der Waals surface area contributed by atoms with E-state index in [0.29, 0.717) is 19.5 Å². The first kappa shape index (κ1) is 12.5. The van der Waals surface area contributed by atoms with Crippen molar-refractivity contribution < 1.29 is 9.90 Å². The number of carbonyl (C=O) groups excluding carboxylic acids is 1. The van der Waals surface area contributed by atoms with Crippen molar-refractivity contribution in [3.63, 3.8) is 0 Å². The fourth-order valence-corrected chi connectivity index (χ4v) is 2.13.